The Labute approximate surface area is 194 Å². The molecule has 0 aliphatic heterocycles. The van der Waals surface area contributed by atoms with Crippen molar-refractivity contribution in [2.24, 2.45) is 0 Å². The van der Waals surface area contributed by atoms with E-state index in [9.17, 15) is 9.90 Å². The molecular formula is C20H18Br2N2O3S2. The Hall–Kier alpha value is -1.42. The zero-order valence-corrected chi connectivity index (χ0v) is 20.5. The molecule has 0 saturated carbocycles. The summed E-state index contributed by atoms with van der Waals surface area (Å²) in [6.07, 6.45) is 2.42. The van der Waals surface area contributed by atoms with Crippen molar-refractivity contribution in [2.75, 3.05) is 6.61 Å². The van der Waals surface area contributed by atoms with Gasteiger partial charge in [-0.1, -0.05) is 17.8 Å². The molecule has 0 fully saturated rings. The molecule has 1 aromatic carbocycles. The van der Waals surface area contributed by atoms with Gasteiger partial charge in [-0.3, -0.25) is 4.79 Å². The Kier molecular flexibility index (Phi) is 7.37. The van der Waals surface area contributed by atoms with Gasteiger partial charge in [0.2, 0.25) is 5.88 Å². The van der Waals surface area contributed by atoms with Crippen LogP contribution in [0.15, 0.2) is 55.2 Å². The number of carbonyl (C=O) groups is 1. The molecule has 0 spiro atoms. The Morgan fingerprint density at radius 3 is 2.62 bits per heavy atom. The third-order valence-electron chi connectivity index (χ3n) is 3.99. The molecule has 0 atom stereocenters. The number of carboxylic acids is 1. The predicted molar refractivity (Wildman–Crippen MR) is 124 cm³/mol. The summed E-state index contributed by atoms with van der Waals surface area (Å²) in [5.74, 6) is -0.297. The monoisotopic (exact) mass is 556 g/mol. The number of aliphatic carboxylic acids is 1. The van der Waals surface area contributed by atoms with Gasteiger partial charge in [-0.2, -0.15) is 0 Å². The van der Waals surface area contributed by atoms with Crippen molar-refractivity contribution in [1.82, 2.24) is 9.97 Å². The summed E-state index contributed by atoms with van der Waals surface area (Å²) in [6.45, 7) is 3.80. The minimum absolute atomic E-state index is 0.451. The van der Waals surface area contributed by atoms with E-state index in [2.05, 4.69) is 41.8 Å². The van der Waals surface area contributed by atoms with Gasteiger partial charge in [0.1, 0.15) is 4.75 Å². The van der Waals surface area contributed by atoms with E-state index in [1.54, 1.807) is 20.0 Å². The summed E-state index contributed by atoms with van der Waals surface area (Å²) >= 11 is 9.69. The Morgan fingerprint density at radius 2 is 1.97 bits per heavy atom. The summed E-state index contributed by atoms with van der Waals surface area (Å²) in [5.41, 5.74) is 2.96. The summed E-state index contributed by atoms with van der Waals surface area (Å²) in [6, 6.07) is 9.87. The van der Waals surface area contributed by atoms with Gasteiger partial charge >= 0.3 is 5.97 Å². The number of aromatic nitrogens is 2. The second-order valence-corrected chi connectivity index (χ2v) is 11.1. The van der Waals surface area contributed by atoms with Crippen LogP contribution in [0.4, 0.5) is 0 Å². The molecule has 29 heavy (non-hydrogen) atoms. The lowest BCUT2D eigenvalue weighted by Gasteiger charge is -2.15. The SMILES string of the molecule is CC(C)(Sc1nc(CCOc2ccc(-c3ccc(Br)c(Br)c3)cn2)cs1)C(=O)O. The maximum absolute atomic E-state index is 11.2. The molecule has 5 nitrogen and oxygen atoms in total. The maximum atomic E-state index is 11.2. The van der Waals surface area contributed by atoms with Crippen LogP contribution < -0.4 is 4.74 Å². The van der Waals surface area contributed by atoms with Crippen LogP contribution in [0, 0.1) is 0 Å². The van der Waals surface area contributed by atoms with Crippen LogP contribution in [0.3, 0.4) is 0 Å². The van der Waals surface area contributed by atoms with Crippen LogP contribution in [-0.2, 0) is 11.2 Å². The number of hydrogen-bond donors (Lipinski definition) is 1. The molecule has 0 bridgehead atoms. The van der Waals surface area contributed by atoms with Crippen molar-refractivity contribution in [1.29, 1.82) is 0 Å². The smallest absolute Gasteiger partial charge is 0.319 e. The maximum Gasteiger partial charge on any atom is 0.319 e. The number of hydrogen-bond acceptors (Lipinski definition) is 6. The first-order valence-corrected chi connectivity index (χ1v) is 11.9. The highest BCUT2D eigenvalue weighted by atomic mass is 79.9. The van der Waals surface area contributed by atoms with Crippen LogP contribution in [-0.4, -0.2) is 32.4 Å². The number of benzene rings is 1. The van der Waals surface area contributed by atoms with Gasteiger partial charge in [-0.15, -0.1) is 11.3 Å². The number of nitrogens with zero attached hydrogens (tertiary/aromatic N) is 2. The van der Waals surface area contributed by atoms with Crippen molar-refractivity contribution < 1.29 is 14.6 Å². The second kappa shape index (κ2) is 9.59. The van der Waals surface area contributed by atoms with E-state index >= 15 is 0 Å². The zero-order chi connectivity index (χ0) is 21.0. The number of ether oxygens (including phenoxy) is 1. The highest BCUT2D eigenvalue weighted by Gasteiger charge is 2.29. The number of pyridine rings is 1. The Morgan fingerprint density at radius 1 is 1.21 bits per heavy atom. The van der Waals surface area contributed by atoms with Gasteiger partial charge in [0.15, 0.2) is 4.34 Å². The Bertz CT molecular complexity index is 1010. The van der Waals surface area contributed by atoms with Crippen molar-refractivity contribution in [2.45, 2.75) is 29.4 Å². The lowest BCUT2D eigenvalue weighted by atomic mass is 10.1. The fraction of sp³-hybridized carbons (Fsp3) is 0.250. The first kappa shape index (κ1) is 22.3. The van der Waals surface area contributed by atoms with Crippen LogP contribution in [0.2, 0.25) is 0 Å². The minimum Gasteiger partial charge on any atom is -0.480 e. The van der Waals surface area contributed by atoms with E-state index in [0.29, 0.717) is 18.9 Å². The van der Waals surface area contributed by atoms with E-state index in [0.717, 1.165) is 30.1 Å². The van der Waals surface area contributed by atoms with Gasteiger partial charge in [0.05, 0.1) is 12.3 Å². The molecule has 0 unspecified atom stereocenters. The first-order chi connectivity index (χ1) is 13.7. The minimum atomic E-state index is -0.901. The molecule has 0 aliphatic rings. The first-order valence-electron chi connectivity index (χ1n) is 8.66. The molecule has 2 heterocycles. The topological polar surface area (TPSA) is 72.3 Å². The lowest BCUT2D eigenvalue weighted by Crippen LogP contribution is -2.26. The molecule has 1 N–H and O–H groups in total. The fourth-order valence-corrected chi connectivity index (χ4v) is 5.14. The molecule has 9 heteroatoms. The molecule has 0 saturated heterocycles. The van der Waals surface area contributed by atoms with Gasteiger partial charge in [0.25, 0.3) is 0 Å². The normalized spacial score (nSPS) is 11.4. The number of thiazole rings is 1. The summed E-state index contributed by atoms with van der Waals surface area (Å²) in [7, 11) is 0. The van der Waals surface area contributed by atoms with Crippen LogP contribution in [0.1, 0.15) is 19.5 Å². The molecule has 152 valence electrons. The average molecular weight is 558 g/mol. The molecular weight excluding hydrogens is 540 g/mol. The number of thioether (sulfide) groups is 1. The molecule has 3 rings (SSSR count). The summed E-state index contributed by atoms with van der Waals surface area (Å²) in [5, 5.41) is 11.2. The van der Waals surface area contributed by atoms with Crippen LogP contribution >= 0.6 is 55.0 Å². The average Bonchev–Trinajstić information content (AvgIpc) is 3.11. The quantitative estimate of drug-likeness (QED) is 0.327. The van der Waals surface area contributed by atoms with Crippen molar-refractivity contribution in [3.05, 3.63) is 56.5 Å². The molecule has 3 aromatic rings. The van der Waals surface area contributed by atoms with Gasteiger partial charge in [-0.05, 0) is 69.5 Å². The summed E-state index contributed by atoms with van der Waals surface area (Å²) in [4.78, 5) is 20.1. The molecule has 0 amide bonds. The van der Waals surface area contributed by atoms with Crippen molar-refractivity contribution in [3.63, 3.8) is 0 Å². The fourth-order valence-electron chi connectivity index (χ4n) is 2.28. The third kappa shape index (κ3) is 6.04. The van der Waals surface area contributed by atoms with Crippen LogP contribution in [0.25, 0.3) is 11.1 Å². The highest BCUT2D eigenvalue weighted by Crippen LogP contribution is 2.34. The van der Waals surface area contributed by atoms with Gasteiger partial charge in [0, 0.05) is 38.6 Å². The number of carboxylic acid groups (broad SMARTS) is 1. The standard InChI is InChI=1S/C20H18Br2N2O3S2/c1-20(2,18(25)26)29-19-24-14(11-28-19)7-8-27-17-6-4-13(10-23-17)12-3-5-15(21)16(22)9-12/h3-6,9-11H,7-8H2,1-2H3,(H,25,26). The van der Waals surface area contributed by atoms with Crippen molar-refractivity contribution >= 4 is 60.9 Å². The highest BCUT2D eigenvalue weighted by molar-refractivity contribution is 9.13. The van der Waals surface area contributed by atoms with E-state index in [1.807, 2.05) is 35.7 Å². The van der Waals surface area contributed by atoms with E-state index in [4.69, 9.17) is 4.74 Å². The van der Waals surface area contributed by atoms with E-state index in [-0.39, 0.29) is 0 Å². The Balaban J connectivity index is 1.53. The van der Waals surface area contributed by atoms with Gasteiger partial charge in [-0.25, -0.2) is 9.97 Å². The predicted octanol–water partition coefficient (Wildman–Crippen LogP) is 6.31. The number of rotatable bonds is 8. The molecule has 0 aliphatic carbocycles. The van der Waals surface area contributed by atoms with E-state index in [1.165, 1.54) is 23.1 Å². The summed E-state index contributed by atoms with van der Waals surface area (Å²) < 4.78 is 7.57. The van der Waals surface area contributed by atoms with Gasteiger partial charge < -0.3 is 9.84 Å². The van der Waals surface area contributed by atoms with Crippen molar-refractivity contribution in [3.8, 4) is 17.0 Å². The lowest BCUT2D eigenvalue weighted by molar-refractivity contribution is -0.138. The molecule has 2 aromatic heterocycles. The largest absolute Gasteiger partial charge is 0.480 e. The van der Waals surface area contributed by atoms with E-state index < -0.39 is 10.7 Å². The third-order valence-corrected chi connectivity index (χ3v) is 8.04. The van der Waals surface area contributed by atoms with Crippen LogP contribution in [0.5, 0.6) is 5.88 Å². The molecule has 0 radical (unpaired) electrons. The number of halogens is 2. The second-order valence-electron chi connectivity index (χ2n) is 6.63. The zero-order valence-electron chi connectivity index (χ0n) is 15.7.